The van der Waals surface area contributed by atoms with Gasteiger partial charge >= 0.3 is 0 Å². The van der Waals surface area contributed by atoms with Gasteiger partial charge in [-0.15, -0.1) is 0 Å². The summed E-state index contributed by atoms with van der Waals surface area (Å²) in [6.45, 7) is 1.61. The number of carbonyl (C=O) groups is 1. The fraction of sp³-hybridized carbons (Fsp3) is 0.571. The lowest BCUT2D eigenvalue weighted by molar-refractivity contribution is -0.117. The average Bonchev–Trinajstić information content (AvgIpc) is 3.27. The van der Waals surface area contributed by atoms with Crippen LogP contribution in [0.3, 0.4) is 0 Å². The summed E-state index contributed by atoms with van der Waals surface area (Å²) in [4.78, 5) is 15.9. The fourth-order valence-corrected chi connectivity index (χ4v) is 2.22. The van der Waals surface area contributed by atoms with Crippen LogP contribution >= 0.6 is 0 Å². The van der Waals surface area contributed by atoms with Crippen molar-refractivity contribution in [3.8, 4) is 0 Å². The Balaban J connectivity index is 1.54. The second-order valence-corrected chi connectivity index (χ2v) is 5.25. The number of carbonyl (C=O) groups excluding carboxylic acids is 1. The van der Waals surface area contributed by atoms with Gasteiger partial charge in [0.25, 0.3) is 0 Å². The number of hydrogen-bond donors (Lipinski definition) is 2. The summed E-state index contributed by atoms with van der Waals surface area (Å²) in [5.74, 6) is 0.926. The Morgan fingerprint density at radius 1 is 1.32 bits per heavy atom. The molecule has 102 valence electrons. The predicted octanol–water partition coefficient (Wildman–Crippen LogP) is 2.02. The standard InChI is InChI=1S/C14H19N3O2/c18-14(10-3-4-10)17-13-6-5-11(8-15-13)16-12-2-1-7-19-9-12/h5-6,8,10,12,16H,1-4,7,9H2,(H,15,17,18). The third-order valence-electron chi connectivity index (χ3n) is 3.49. The SMILES string of the molecule is O=C(Nc1ccc(NC2CCCOC2)cn1)C1CC1. The summed E-state index contributed by atoms with van der Waals surface area (Å²) in [6, 6.07) is 4.15. The Hall–Kier alpha value is -1.62. The Morgan fingerprint density at radius 2 is 2.21 bits per heavy atom. The molecule has 2 fully saturated rings. The molecule has 1 saturated heterocycles. The molecule has 3 rings (SSSR count). The molecule has 19 heavy (non-hydrogen) atoms. The van der Waals surface area contributed by atoms with E-state index in [1.165, 1.54) is 0 Å². The zero-order valence-electron chi connectivity index (χ0n) is 10.9. The van der Waals surface area contributed by atoms with Gasteiger partial charge in [-0.2, -0.15) is 0 Å². The first-order valence-electron chi connectivity index (χ1n) is 6.92. The third-order valence-corrected chi connectivity index (χ3v) is 3.49. The van der Waals surface area contributed by atoms with E-state index in [1.54, 1.807) is 6.20 Å². The zero-order valence-corrected chi connectivity index (χ0v) is 10.9. The maximum Gasteiger partial charge on any atom is 0.228 e. The molecule has 5 nitrogen and oxygen atoms in total. The first-order chi connectivity index (χ1) is 9.31. The second kappa shape index (κ2) is 5.57. The van der Waals surface area contributed by atoms with Crippen LogP contribution in [0.5, 0.6) is 0 Å². The molecule has 0 spiro atoms. The molecule has 0 bridgehead atoms. The van der Waals surface area contributed by atoms with Gasteiger partial charge in [-0.05, 0) is 37.8 Å². The van der Waals surface area contributed by atoms with Gasteiger partial charge in [-0.1, -0.05) is 0 Å². The summed E-state index contributed by atoms with van der Waals surface area (Å²) in [6.07, 6.45) is 6.00. The third kappa shape index (κ3) is 3.44. The quantitative estimate of drug-likeness (QED) is 0.870. The van der Waals surface area contributed by atoms with Crippen molar-refractivity contribution in [1.82, 2.24) is 4.98 Å². The Kier molecular flexibility index (Phi) is 3.64. The minimum Gasteiger partial charge on any atom is -0.379 e. The lowest BCUT2D eigenvalue weighted by Crippen LogP contribution is -2.29. The van der Waals surface area contributed by atoms with Gasteiger partial charge in [0, 0.05) is 18.6 Å². The first kappa shape index (κ1) is 12.4. The highest BCUT2D eigenvalue weighted by Crippen LogP contribution is 2.30. The molecular formula is C14H19N3O2. The molecule has 1 amide bonds. The van der Waals surface area contributed by atoms with E-state index in [4.69, 9.17) is 4.74 Å². The maximum absolute atomic E-state index is 11.6. The van der Waals surface area contributed by atoms with E-state index in [2.05, 4.69) is 15.6 Å². The van der Waals surface area contributed by atoms with Crippen LogP contribution in [0.15, 0.2) is 18.3 Å². The minimum absolute atomic E-state index is 0.0916. The number of rotatable bonds is 4. The Labute approximate surface area is 112 Å². The van der Waals surface area contributed by atoms with Gasteiger partial charge in [0.15, 0.2) is 0 Å². The number of nitrogens with one attached hydrogen (secondary N) is 2. The topological polar surface area (TPSA) is 63.2 Å². The molecule has 2 aliphatic rings. The molecule has 1 aromatic heterocycles. The lowest BCUT2D eigenvalue weighted by Gasteiger charge is -2.23. The maximum atomic E-state index is 11.6. The second-order valence-electron chi connectivity index (χ2n) is 5.25. The van der Waals surface area contributed by atoms with Gasteiger partial charge in [0.2, 0.25) is 5.91 Å². The van der Waals surface area contributed by atoms with Gasteiger partial charge in [-0.25, -0.2) is 4.98 Å². The van der Waals surface area contributed by atoms with E-state index in [-0.39, 0.29) is 11.8 Å². The lowest BCUT2D eigenvalue weighted by atomic mass is 10.1. The number of pyridine rings is 1. The van der Waals surface area contributed by atoms with Crippen LogP contribution in [0.2, 0.25) is 0 Å². The largest absolute Gasteiger partial charge is 0.379 e. The van der Waals surface area contributed by atoms with Crippen LogP contribution in [0.4, 0.5) is 11.5 Å². The monoisotopic (exact) mass is 261 g/mol. The Bertz CT molecular complexity index is 437. The number of nitrogens with zero attached hydrogens (tertiary/aromatic N) is 1. The van der Waals surface area contributed by atoms with Crippen LogP contribution in [0.1, 0.15) is 25.7 Å². The molecule has 1 aliphatic carbocycles. The molecule has 1 unspecified atom stereocenters. The number of anilines is 2. The van der Waals surface area contributed by atoms with Crippen LogP contribution in [-0.4, -0.2) is 30.1 Å². The van der Waals surface area contributed by atoms with Crippen molar-refractivity contribution in [2.24, 2.45) is 5.92 Å². The molecule has 0 aromatic carbocycles. The van der Waals surface area contributed by atoms with Crippen molar-refractivity contribution in [2.75, 3.05) is 23.8 Å². The fourth-order valence-electron chi connectivity index (χ4n) is 2.22. The number of aromatic nitrogens is 1. The van der Waals surface area contributed by atoms with E-state index in [9.17, 15) is 4.79 Å². The van der Waals surface area contributed by atoms with Crippen molar-refractivity contribution in [3.05, 3.63) is 18.3 Å². The highest BCUT2D eigenvalue weighted by atomic mass is 16.5. The predicted molar refractivity (Wildman–Crippen MR) is 73.1 cm³/mol. The van der Waals surface area contributed by atoms with Crippen LogP contribution in [0, 0.1) is 5.92 Å². The number of amides is 1. The van der Waals surface area contributed by atoms with Crippen LogP contribution < -0.4 is 10.6 Å². The molecule has 2 heterocycles. The number of ether oxygens (including phenoxy) is 1. The summed E-state index contributed by atoms with van der Waals surface area (Å²) in [7, 11) is 0. The van der Waals surface area contributed by atoms with Crippen LogP contribution in [0.25, 0.3) is 0 Å². The van der Waals surface area contributed by atoms with Gasteiger partial charge < -0.3 is 15.4 Å². The van der Waals surface area contributed by atoms with Gasteiger partial charge in [0.05, 0.1) is 18.5 Å². The smallest absolute Gasteiger partial charge is 0.228 e. The normalized spacial score (nSPS) is 22.8. The van der Waals surface area contributed by atoms with Crippen molar-refractivity contribution >= 4 is 17.4 Å². The van der Waals surface area contributed by atoms with E-state index in [0.29, 0.717) is 11.9 Å². The molecule has 1 atom stereocenters. The van der Waals surface area contributed by atoms with E-state index in [1.807, 2.05) is 12.1 Å². The summed E-state index contributed by atoms with van der Waals surface area (Å²) in [5.41, 5.74) is 0.972. The van der Waals surface area contributed by atoms with Crippen LogP contribution in [-0.2, 0) is 9.53 Å². The van der Waals surface area contributed by atoms with Gasteiger partial charge in [-0.3, -0.25) is 4.79 Å². The number of hydrogen-bond acceptors (Lipinski definition) is 4. The zero-order chi connectivity index (χ0) is 13.1. The average molecular weight is 261 g/mol. The molecule has 0 radical (unpaired) electrons. The Morgan fingerprint density at radius 3 is 2.84 bits per heavy atom. The van der Waals surface area contributed by atoms with Crippen molar-refractivity contribution in [2.45, 2.75) is 31.7 Å². The highest BCUT2D eigenvalue weighted by Gasteiger charge is 2.29. The van der Waals surface area contributed by atoms with E-state index >= 15 is 0 Å². The molecule has 1 aromatic rings. The summed E-state index contributed by atoms with van der Waals surface area (Å²) >= 11 is 0. The van der Waals surface area contributed by atoms with Crippen molar-refractivity contribution in [3.63, 3.8) is 0 Å². The first-order valence-corrected chi connectivity index (χ1v) is 6.92. The molecule has 2 N–H and O–H groups in total. The molecule has 1 aliphatic heterocycles. The van der Waals surface area contributed by atoms with Crippen molar-refractivity contribution < 1.29 is 9.53 Å². The highest BCUT2D eigenvalue weighted by molar-refractivity contribution is 5.93. The van der Waals surface area contributed by atoms with E-state index in [0.717, 1.165) is 44.6 Å². The summed E-state index contributed by atoms with van der Waals surface area (Å²) < 4.78 is 5.42. The van der Waals surface area contributed by atoms with Crippen molar-refractivity contribution in [1.29, 1.82) is 0 Å². The molecule has 1 saturated carbocycles. The van der Waals surface area contributed by atoms with E-state index < -0.39 is 0 Å². The minimum atomic E-state index is 0.0916. The van der Waals surface area contributed by atoms with Gasteiger partial charge in [0.1, 0.15) is 5.82 Å². The molecular weight excluding hydrogens is 242 g/mol. The molecule has 5 heteroatoms. The summed E-state index contributed by atoms with van der Waals surface area (Å²) in [5, 5.41) is 6.23.